The highest BCUT2D eigenvalue weighted by atomic mass is 79.9. The molecule has 0 aliphatic carbocycles. The molecule has 0 radical (unpaired) electrons. The van der Waals surface area contributed by atoms with Crippen LogP contribution < -0.4 is 5.73 Å². The van der Waals surface area contributed by atoms with E-state index < -0.39 is 0 Å². The van der Waals surface area contributed by atoms with Crippen molar-refractivity contribution in [1.29, 1.82) is 0 Å². The van der Waals surface area contributed by atoms with Crippen molar-refractivity contribution in [3.8, 4) is 11.3 Å². The van der Waals surface area contributed by atoms with E-state index in [2.05, 4.69) is 26.1 Å². The monoisotopic (exact) mass is 287 g/mol. The van der Waals surface area contributed by atoms with E-state index in [1.807, 2.05) is 42.5 Å². The number of hydrogen-bond donors (Lipinski definition) is 2. The maximum absolute atomic E-state index is 5.81. The summed E-state index contributed by atoms with van der Waals surface area (Å²) in [4.78, 5) is 0. The highest BCUT2D eigenvalue weighted by Gasteiger charge is 2.10. The van der Waals surface area contributed by atoms with Crippen LogP contribution in [0.3, 0.4) is 0 Å². The number of aromatic nitrogens is 2. The van der Waals surface area contributed by atoms with Gasteiger partial charge in [0.1, 0.15) is 5.69 Å². The third-order valence-corrected chi connectivity index (χ3v) is 3.41. The van der Waals surface area contributed by atoms with E-state index in [-0.39, 0.29) is 0 Å². The van der Waals surface area contributed by atoms with E-state index in [0.717, 1.165) is 32.3 Å². The number of nitrogen functional groups attached to an aromatic ring is 1. The van der Waals surface area contributed by atoms with Gasteiger partial charge in [-0.3, -0.25) is 5.10 Å². The molecule has 0 unspecified atom stereocenters. The molecule has 0 fully saturated rings. The van der Waals surface area contributed by atoms with Gasteiger partial charge in [0, 0.05) is 21.1 Å². The highest BCUT2D eigenvalue weighted by Crippen LogP contribution is 2.32. The van der Waals surface area contributed by atoms with Crippen LogP contribution in [0.5, 0.6) is 0 Å². The largest absolute Gasteiger partial charge is 0.399 e. The molecule has 1 heterocycles. The van der Waals surface area contributed by atoms with E-state index in [1.165, 1.54) is 0 Å². The fraction of sp³-hybridized carbons (Fsp3) is 0. The molecule has 0 saturated carbocycles. The van der Waals surface area contributed by atoms with Gasteiger partial charge in [0.15, 0.2) is 0 Å². The Morgan fingerprint density at radius 1 is 1.12 bits per heavy atom. The van der Waals surface area contributed by atoms with Crippen molar-refractivity contribution in [3.63, 3.8) is 0 Å². The second kappa shape index (κ2) is 3.89. The fourth-order valence-corrected chi connectivity index (χ4v) is 2.36. The molecular formula is C13H10BrN3. The molecule has 2 aromatic carbocycles. The molecule has 0 aliphatic rings. The first-order valence-electron chi connectivity index (χ1n) is 5.24. The van der Waals surface area contributed by atoms with Crippen molar-refractivity contribution < 1.29 is 0 Å². The van der Waals surface area contributed by atoms with E-state index in [0.29, 0.717) is 0 Å². The number of nitrogens with two attached hydrogens (primary N) is 1. The smallest absolute Gasteiger partial charge is 0.101 e. The predicted octanol–water partition coefficient (Wildman–Crippen LogP) is 3.57. The molecule has 3 rings (SSSR count). The highest BCUT2D eigenvalue weighted by molar-refractivity contribution is 9.10. The molecule has 0 atom stereocenters. The van der Waals surface area contributed by atoms with Crippen LogP contribution in [-0.2, 0) is 0 Å². The van der Waals surface area contributed by atoms with Gasteiger partial charge in [0.05, 0.1) is 5.52 Å². The second-order valence-electron chi connectivity index (χ2n) is 3.86. The molecule has 0 bridgehead atoms. The first-order valence-corrected chi connectivity index (χ1v) is 6.03. The molecule has 3 aromatic rings. The summed E-state index contributed by atoms with van der Waals surface area (Å²) in [6, 6.07) is 13.8. The van der Waals surface area contributed by atoms with Crippen molar-refractivity contribution in [2.75, 3.05) is 5.73 Å². The summed E-state index contributed by atoms with van der Waals surface area (Å²) in [6.45, 7) is 0. The van der Waals surface area contributed by atoms with Crippen LogP contribution in [0.2, 0.25) is 0 Å². The minimum absolute atomic E-state index is 0.743. The number of aromatic amines is 1. The standard InChI is InChI=1S/C13H10BrN3/c14-11-4-2-1-3-9(11)13-10-7-8(15)5-6-12(10)16-17-13/h1-7H,15H2,(H,16,17). The molecule has 0 amide bonds. The summed E-state index contributed by atoms with van der Waals surface area (Å²) in [7, 11) is 0. The zero-order valence-corrected chi connectivity index (χ0v) is 10.5. The average Bonchev–Trinajstić information content (AvgIpc) is 2.72. The number of anilines is 1. The number of hydrogen-bond acceptors (Lipinski definition) is 2. The van der Waals surface area contributed by atoms with Crippen LogP contribution in [0.1, 0.15) is 0 Å². The van der Waals surface area contributed by atoms with Crippen molar-refractivity contribution in [2.24, 2.45) is 0 Å². The Morgan fingerprint density at radius 3 is 2.76 bits per heavy atom. The van der Waals surface area contributed by atoms with Crippen LogP contribution in [0.4, 0.5) is 5.69 Å². The van der Waals surface area contributed by atoms with Gasteiger partial charge in [-0.25, -0.2) is 0 Å². The first-order chi connectivity index (χ1) is 8.25. The van der Waals surface area contributed by atoms with Gasteiger partial charge in [0.25, 0.3) is 0 Å². The summed E-state index contributed by atoms with van der Waals surface area (Å²) in [5, 5.41) is 8.41. The molecular weight excluding hydrogens is 278 g/mol. The maximum atomic E-state index is 5.81. The Kier molecular flexibility index (Phi) is 2.37. The SMILES string of the molecule is Nc1ccc2[nH]nc(-c3ccccc3Br)c2c1. The number of rotatable bonds is 1. The number of benzene rings is 2. The lowest BCUT2D eigenvalue weighted by Crippen LogP contribution is -1.84. The van der Waals surface area contributed by atoms with E-state index >= 15 is 0 Å². The van der Waals surface area contributed by atoms with Gasteiger partial charge in [-0.15, -0.1) is 0 Å². The third-order valence-electron chi connectivity index (χ3n) is 2.72. The topological polar surface area (TPSA) is 54.7 Å². The Morgan fingerprint density at radius 2 is 1.94 bits per heavy atom. The lowest BCUT2D eigenvalue weighted by molar-refractivity contribution is 1.12. The molecule has 0 aliphatic heterocycles. The molecule has 1 aromatic heterocycles. The first kappa shape index (κ1) is 10.4. The number of nitrogens with zero attached hydrogens (tertiary/aromatic N) is 1. The minimum atomic E-state index is 0.743. The fourth-order valence-electron chi connectivity index (χ4n) is 1.89. The quantitative estimate of drug-likeness (QED) is 0.672. The van der Waals surface area contributed by atoms with Gasteiger partial charge in [0.2, 0.25) is 0 Å². The van der Waals surface area contributed by atoms with Crippen LogP contribution in [0.15, 0.2) is 46.9 Å². The van der Waals surface area contributed by atoms with E-state index in [4.69, 9.17) is 5.73 Å². The minimum Gasteiger partial charge on any atom is -0.399 e. The van der Waals surface area contributed by atoms with Crippen LogP contribution >= 0.6 is 15.9 Å². The molecule has 4 heteroatoms. The normalized spacial score (nSPS) is 10.9. The molecule has 0 saturated heterocycles. The van der Waals surface area contributed by atoms with Crippen molar-refractivity contribution in [1.82, 2.24) is 10.2 Å². The number of nitrogens with one attached hydrogen (secondary N) is 1. The van der Waals surface area contributed by atoms with Gasteiger partial charge >= 0.3 is 0 Å². The summed E-state index contributed by atoms with van der Waals surface area (Å²) in [5.41, 5.74) is 9.52. The Hall–Kier alpha value is -1.81. The molecule has 3 nitrogen and oxygen atoms in total. The molecule has 84 valence electrons. The van der Waals surface area contributed by atoms with Gasteiger partial charge in [-0.2, -0.15) is 5.10 Å². The molecule has 0 spiro atoms. The van der Waals surface area contributed by atoms with Crippen LogP contribution in [0, 0.1) is 0 Å². The Balaban J connectivity index is 2.31. The maximum Gasteiger partial charge on any atom is 0.101 e. The summed E-state index contributed by atoms with van der Waals surface area (Å²) < 4.78 is 1.02. The van der Waals surface area contributed by atoms with E-state index in [9.17, 15) is 0 Å². The zero-order valence-electron chi connectivity index (χ0n) is 8.94. The van der Waals surface area contributed by atoms with Crippen molar-refractivity contribution >= 4 is 32.5 Å². The summed E-state index contributed by atoms with van der Waals surface area (Å²) in [6.07, 6.45) is 0. The number of halogens is 1. The van der Waals surface area contributed by atoms with Gasteiger partial charge < -0.3 is 5.73 Å². The van der Waals surface area contributed by atoms with E-state index in [1.54, 1.807) is 0 Å². The number of fused-ring (bicyclic) bond motifs is 1. The molecule has 3 N–H and O–H groups in total. The van der Waals surface area contributed by atoms with Crippen LogP contribution in [0.25, 0.3) is 22.2 Å². The number of H-pyrrole nitrogens is 1. The zero-order chi connectivity index (χ0) is 11.8. The molecule has 17 heavy (non-hydrogen) atoms. The predicted molar refractivity (Wildman–Crippen MR) is 73.6 cm³/mol. The lowest BCUT2D eigenvalue weighted by Gasteiger charge is -2.01. The Labute approximate surface area is 107 Å². The van der Waals surface area contributed by atoms with Gasteiger partial charge in [-0.1, -0.05) is 34.1 Å². The van der Waals surface area contributed by atoms with Crippen LogP contribution in [-0.4, -0.2) is 10.2 Å². The van der Waals surface area contributed by atoms with Crippen molar-refractivity contribution in [3.05, 3.63) is 46.9 Å². The Bertz CT molecular complexity index is 688. The summed E-state index contributed by atoms with van der Waals surface area (Å²) in [5.74, 6) is 0. The lowest BCUT2D eigenvalue weighted by atomic mass is 10.1. The average molecular weight is 288 g/mol. The van der Waals surface area contributed by atoms with Gasteiger partial charge in [-0.05, 0) is 24.3 Å². The third kappa shape index (κ3) is 1.70. The van der Waals surface area contributed by atoms with Crippen molar-refractivity contribution in [2.45, 2.75) is 0 Å². The second-order valence-corrected chi connectivity index (χ2v) is 4.71. The summed E-state index contributed by atoms with van der Waals surface area (Å²) >= 11 is 3.54.